The summed E-state index contributed by atoms with van der Waals surface area (Å²) in [4.78, 5) is 0. The molecule has 0 spiro atoms. The van der Waals surface area contributed by atoms with Gasteiger partial charge in [-0.25, -0.2) is 0 Å². The molecule has 0 aliphatic heterocycles. The first-order valence-electron chi connectivity index (χ1n) is 6.06. The molecule has 0 aliphatic carbocycles. The molecule has 0 fully saturated rings. The van der Waals surface area contributed by atoms with E-state index in [0.29, 0.717) is 5.92 Å². The molecule has 0 aromatic heterocycles. The number of nitrogens with one attached hydrogen (secondary N) is 1. The summed E-state index contributed by atoms with van der Waals surface area (Å²) in [5, 5.41) is 13.2. The first-order valence-corrected chi connectivity index (χ1v) is 6.06. The van der Waals surface area contributed by atoms with E-state index < -0.39 is 0 Å². The van der Waals surface area contributed by atoms with Crippen LogP contribution >= 0.6 is 0 Å². The first kappa shape index (κ1) is 13.2. The maximum Gasteiger partial charge on any atom is 0.0671 e. The third kappa shape index (κ3) is 3.06. The van der Waals surface area contributed by atoms with Crippen LogP contribution in [0.1, 0.15) is 32.8 Å². The molecule has 2 N–H and O–H groups in total. The van der Waals surface area contributed by atoms with Gasteiger partial charge in [0.05, 0.1) is 12.1 Å². The van der Waals surface area contributed by atoms with E-state index in [9.17, 15) is 5.11 Å². The van der Waals surface area contributed by atoms with Crippen LogP contribution in [-0.2, 0) is 5.54 Å². The lowest BCUT2D eigenvalue weighted by Crippen LogP contribution is -2.46. The van der Waals surface area contributed by atoms with Gasteiger partial charge < -0.3 is 10.4 Å². The van der Waals surface area contributed by atoms with Crippen LogP contribution in [0.15, 0.2) is 30.3 Å². The van der Waals surface area contributed by atoms with Gasteiger partial charge in [-0.3, -0.25) is 0 Å². The molecule has 90 valence electrons. The maximum absolute atomic E-state index is 9.75. The van der Waals surface area contributed by atoms with Crippen LogP contribution < -0.4 is 5.32 Å². The normalized spacial score (nSPS) is 15.1. The maximum atomic E-state index is 9.75. The molecule has 1 atom stereocenters. The minimum atomic E-state index is -0.288. The standard InChI is InChI=1S/C14H23NO/c1-4-15-14(11-16,10-12(2)3)13-8-6-5-7-9-13/h5-9,12,15-16H,4,10-11H2,1-3H3. The molecule has 1 rings (SSSR count). The highest BCUT2D eigenvalue weighted by Crippen LogP contribution is 2.28. The lowest BCUT2D eigenvalue weighted by molar-refractivity contribution is 0.139. The summed E-state index contributed by atoms with van der Waals surface area (Å²) in [6, 6.07) is 10.2. The van der Waals surface area contributed by atoms with Crippen LogP contribution in [0.3, 0.4) is 0 Å². The summed E-state index contributed by atoms with van der Waals surface area (Å²) in [6.45, 7) is 7.45. The molecular weight excluding hydrogens is 198 g/mol. The smallest absolute Gasteiger partial charge is 0.0671 e. The number of aliphatic hydroxyl groups excluding tert-OH is 1. The predicted molar refractivity (Wildman–Crippen MR) is 68.3 cm³/mol. The Morgan fingerprint density at radius 3 is 2.31 bits per heavy atom. The second-order valence-electron chi connectivity index (χ2n) is 4.73. The van der Waals surface area contributed by atoms with Gasteiger partial charge in [0.25, 0.3) is 0 Å². The second-order valence-corrected chi connectivity index (χ2v) is 4.73. The van der Waals surface area contributed by atoms with Gasteiger partial charge in [0.15, 0.2) is 0 Å². The Morgan fingerprint density at radius 1 is 1.25 bits per heavy atom. The van der Waals surface area contributed by atoms with Gasteiger partial charge in [-0.15, -0.1) is 0 Å². The molecule has 2 heteroatoms. The molecule has 0 heterocycles. The van der Waals surface area contributed by atoms with Crippen molar-refractivity contribution in [2.45, 2.75) is 32.7 Å². The number of benzene rings is 1. The van der Waals surface area contributed by atoms with Gasteiger partial charge in [0, 0.05) is 0 Å². The minimum absolute atomic E-state index is 0.142. The molecule has 0 saturated heterocycles. The lowest BCUT2D eigenvalue weighted by atomic mass is 9.83. The first-order chi connectivity index (χ1) is 7.64. The zero-order valence-electron chi connectivity index (χ0n) is 10.5. The number of rotatable bonds is 6. The summed E-state index contributed by atoms with van der Waals surface area (Å²) in [7, 11) is 0. The van der Waals surface area contributed by atoms with E-state index in [1.54, 1.807) is 0 Å². The van der Waals surface area contributed by atoms with Crippen molar-refractivity contribution in [2.75, 3.05) is 13.2 Å². The summed E-state index contributed by atoms with van der Waals surface area (Å²) < 4.78 is 0. The lowest BCUT2D eigenvalue weighted by Gasteiger charge is -2.35. The molecule has 0 aliphatic rings. The van der Waals surface area contributed by atoms with E-state index >= 15 is 0 Å². The van der Waals surface area contributed by atoms with Gasteiger partial charge in [-0.2, -0.15) is 0 Å². The van der Waals surface area contributed by atoms with Crippen LogP contribution in [0.25, 0.3) is 0 Å². The van der Waals surface area contributed by atoms with Crippen LogP contribution in [0.4, 0.5) is 0 Å². The number of aliphatic hydroxyl groups is 1. The fraction of sp³-hybridized carbons (Fsp3) is 0.571. The molecular formula is C14H23NO. The van der Waals surface area contributed by atoms with E-state index in [1.807, 2.05) is 18.2 Å². The summed E-state index contributed by atoms with van der Waals surface area (Å²) >= 11 is 0. The molecule has 2 nitrogen and oxygen atoms in total. The van der Waals surface area contributed by atoms with Gasteiger partial charge in [0.2, 0.25) is 0 Å². The Kier molecular flexibility index (Phi) is 4.97. The third-order valence-corrected chi connectivity index (χ3v) is 2.87. The molecule has 1 unspecified atom stereocenters. The molecule has 0 radical (unpaired) electrons. The molecule has 0 saturated carbocycles. The number of hydrogen-bond donors (Lipinski definition) is 2. The highest BCUT2D eigenvalue weighted by Gasteiger charge is 2.30. The Bertz CT molecular complexity index is 297. The highest BCUT2D eigenvalue weighted by molar-refractivity contribution is 5.24. The SMILES string of the molecule is CCNC(CO)(CC(C)C)c1ccccc1. The average Bonchev–Trinajstić information content (AvgIpc) is 2.29. The number of hydrogen-bond acceptors (Lipinski definition) is 2. The van der Waals surface area contributed by atoms with Crippen molar-refractivity contribution in [3.8, 4) is 0 Å². The van der Waals surface area contributed by atoms with Crippen molar-refractivity contribution in [3.05, 3.63) is 35.9 Å². The van der Waals surface area contributed by atoms with E-state index in [4.69, 9.17) is 0 Å². The van der Waals surface area contributed by atoms with Crippen molar-refractivity contribution < 1.29 is 5.11 Å². The van der Waals surface area contributed by atoms with Crippen LogP contribution in [0.5, 0.6) is 0 Å². The third-order valence-electron chi connectivity index (χ3n) is 2.87. The zero-order chi connectivity index (χ0) is 12.0. The molecule has 0 bridgehead atoms. The summed E-state index contributed by atoms with van der Waals surface area (Å²) in [5.41, 5.74) is 0.887. The van der Waals surface area contributed by atoms with E-state index in [1.165, 1.54) is 5.56 Å². The van der Waals surface area contributed by atoms with E-state index in [0.717, 1.165) is 13.0 Å². The predicted octanol–water partition coefficient (Wildman–Crippen LogP) is 2.53. The largest absolute Gasteiger partial charge is 0.394 e. The van der Waals surface area contributed by atoms with Crippen molar-refractivity contribution >= 4 is 0 Å². The quantitative estimate of drug-likeness (QED) is 0.773. The van der Waals surface area contributed by atoms with Gasteiger partial charge in [-0.05, 0) is 24.4 Å². The van der Waals surface area contributed by atoms with Crippen molar-refractivity contribution in [2.24, 2.45) is 5.92 Å². The molecule has 16 heavy (non-hydrogen) atoms. The average molecular weight is 221 g/mol. The summed E-state index contributed by atoms with van der Waals surface area (Å²) in [5.74, 6) is 0.548. The van der Waals surface area contributed by atoms with E-state index in [-0.39, 0.29) is 12.1 Å². The Labute approximate surface area is 98.7 Å². The fourth-order valence-corrected chi connectivity index (χ4v) is 2.30. The van der Waals surface area contributed by atoms with Crippen molar-refractivity contribution in [1.82, 2.24) is 5.32 Å². The molecule has 1 aromatic carbocycles. The topological polar surface area (TPSA) is 32.3 Å². The van der Waals surface area contributed by atoms with Gasteiger partial charge in [-0.1, -0.05) is 51.1 Å². The van der Waals surface area contributed by atoms with Crippen molar-refractivity contribution in [3.63, 3.8) is 0 Å². The van der Waals surface area contributed by atoms with Gasteiger partial charge in [0.1, 0.15) is 0 Å². The molecule has 0 amide bonds. The van der Waals surface area contributed by atoms with Gasteiger partial charge >= 0.3 is 0 Å². The Morgan fingerprint density at radius 2 is 1.88 bits per heavy atom. The summed E-state index contributed by atoms with van der Waals surface area (Å²) in [6.07, 6.45) is 0.946. The van der Waals surface area contributed by atoms with Crippen molar-refractivity contribution in [1.29, 1.82) is 0 Å². The van der Waals surface area contributed by atoms with E-state index in [2.05, 4.69) is 38.2 Å². The van der Waals surface area contributed by atoms with Crippen LogP contribution in [0.2, 0.25) is 0 Å². The number of likely N-dealkylation sites (N-methyl/N-ethyl adjacent to an activating group) is 1. The highest BCUT2D eigenvalue weighted by atomic mass is 16.3. The van der Waals surface area contributed by atoms with Crippen LogP contribution in [-0.4, -0.2) is 18.3 Å². The molecule has 1 aromatic rings. The zero-order valence-corrected chi connectivity index (χ0v) is 10.5. The Balaban J connectivity index is 3.01. The Hall–Kier alpha value is -0.860. The monoisotopic (exact) mass is 221 g/mol. The minimum Gasteiger partial charge on any atom is -0.394 e. The second kappa shape index (κ2) is 6.02. The fourth-order valence-electron chi connectivity index (χ4n) is 2.30. The van der Waals surface area contributed by atoms with Crippen LogP contribution in [0, 0.1) is 5.92 Å².